The van der Waals surface area contributed by atoms with Gasteiger partial charge in [0.1, 0.15) is 4.90 Å². The van der Waals surface area contributed by atoms with Crippen LogP contribution in [0.4, 0.5) is 0 Å². The molecule has 1 atom stereocenters. The summed E-state index contributed by atoms with van der Waals surface area (Å²) in [6, 6.07) is 3.10. The third kappa shape index (κ3) is 9.16. The van der Waals surface area contributed by atoms with Crippen LogP contribution in [-0.2, 0) is 14.8 Å². The lowest BCUT2D eigenvalue weighted by Crippen LogP contribution is -2.41. The van der Waals surface area contributed by atoms with E-state index in [1.165, 1.54) is 18.5 Å². The predicted molar refractivity (Wildman–Crippen MR) is 108 cm³/mol. The molecule has 154 valence electrons. The highest BCUT2D eigenvalue weighted by Gasteiger charge is 2.14. The Bertz CT molecular complexity index is 650. The fourth-order valence-corrected chi connectivity index (χ4v) is 3.42. The van der Waals surface area contributed by atoms with Gasteiger partial charge >= 0.3 is 0 Å². The summed E-state index contributed by atoms with van der Waals surface area (Å²) in [5, 5.41) is 6.29. The molecule has 0 aliphatic carbocycles. The Hall–Kier alpha value is -1.71. The van der Waals surface area contributed by atoms with E-state index >= 15 is 0 Å². The van der Waals surface area contributed by atoms with Gasteiger partial charge in [-0.15, -0.1) is 0 Å². The summed E-state index contributed by atoms with van der Waals surface area (Å²) in [5.41, 5.74) is 0. The Morgan fingerprint density at radius 3 is 2.63 bits per heavy atom. The molecule has 0 amide bonds. The third-order valence-electron chi connectivity index (χ3n) is 3.81. The first kappa shape index (κ1) is 23.3. The Balaban J connectivity index is 2.46. The molecule has 1 unspecified atom stereocenters. The third-order valence-corrected chi connectivity index (χ3v) is 5.25. The van der Waals surface area contributed by atoms with Gasteiger partial charge in [-0.2, -0.15) is 0 Å². The molecule has 27 heavy (non-hydrogen) atoms. The van der Waals surface area contributed by atoms with Gasteiger partial charge in [0.25, 0.3) is 0 Å². The van der Waals surface area contributed by atoms with Gasteiger partial charge in [0.15, 0.2) is 5.96 Å². The van der Waals surface area contributed by atoms with Crippen LogP contribution in [0.15, 0.2) is 34.4 Å². The van der Waals surface area contributed by atoms with Crippen LogP contribution in [0.5, 0.6) is 0 Å². The van der Waals surface area contributed by atoms with E-state index in [0.29, 0.717) is 31.6 Å². The average Bonchev–Trinajstić information content (AvgIpc) is 2.65. The molecule has 1 aromatic rings. The van der Waals surface area contributed by atoms with E-state index in [1.807, 2.05) is 13.8 Å². The molecule has 0 spiro atoms. The first-order valence-electron chi connectivity index (χ1n) is 9.44. The Kier molecular flexibility index (Phi) is 10.9. The molecule has 0 radical (unpaired) electrons. The number of guanidine groups is 1. The smallest absolute Gasteiger partial charge is 0.242 e. The second-order valence-corrected chi connectivity index (χ2v) is 8.07. The van der Waals surface area contributed by atoms with Crippen LogP contribution in [0.3, 0.4) is 0 Å². The largest absolute Gasteiger partial charge is 0.378 e. The SMILES string of the molecule is CCNC(=NCCC(OCC)C(C)C)NCCNS(=O)(=O)c1cccnc1. The topological polar surface area (TPSA) is 105 Å². The average molecular weight is 400 g/mol. The maximum Gasteiger partial charge on any atom is 0.242 e. The minimum Gasteiger partial charge on any atom is -0.378 e. The maximum absolute atomic E-state index is 12.1. The summed E-state index contributed by atoms with van der Waals surface area (Å²) in [7, 11) is -3.54. The van der Waals surface area contributed by atoms with Gasteiger partial charge in [0, 0.05) is 45.2 Å². The van der Waals surface area contributed by atoms with Gasteiger partial charge in [-0.05, 0) is 38.3 Å². The van der Waals surface area contributed by atoms with Gasteiger partial charge in [0.2, 0.25) is 10.0 Å². The molecule has 0 saturated heterocycles. The number of pyridine rings is 1. The molecule has 0 aliphatic rings. The summed E-state index contributed by atoms with van der Waals surface area (Å²) in [5.74, 6) is 1.11. The number of hydrogen-bond donors (Lipinski definition) is 3. The molecular weight excluding hydrogens is 366 g/mol. The highest BCUT2D eigenvalue weighted by molar-refractivity contribution is 7.89. The van der Waals surface area contributed by atoms with Crippen molar-refractivity contribution >= 4 is 16.0 Å². The number of hydrogen-bond acceptors (Lipinski definition) is 5. The normalized spacial score (nSPS) is 13.6. The fourth-order valence-electron chi connectivity index (χ4n) is 2.42. The van der Waals surface area contributed by atoms with Crippen LogP contribution in [0, 0.1) is 5.92 Å². The fraction of sp³-hybridized carbons (Fsp3) is 0.667. The van der Waals surface area contributed by atoms with Crippen LogP contribution in [0.25, 0.3) is 0 Å². The van der Waals surface area contributed by atoms with E-state index in [-0.39, 0.29) is 17.5 Å². The molecule has 8 nitrogen and oxygen atoms in total. The van der Waals surface area contributed by atoms with Crippen molar-refractivity contribution in [1.29, 1.82) is 0 Å². The number of aliphatic imine (C=N–C) groups is 1. The zero-order chi connectivity index (χ0) is 20.1. The quantitative estimate of drug-likeness (QED) is 0.279. The van der Waals surface area contributed by atoms with E-state index in [1.54, 1.807) is 6.07 Å². The Morgan fingerprint density at radius 2 is 2.04 bits per heavy atom. The molecule has 1 heterocycles. The second kappa shape index (κ2) is 12.6. The number of ether oxygens (including phenoxy) is 1. The highest BCUT2D eigenvalue weighted by Crippen LogP contribution is 2.10. The second-order valence-electron chi connectivity index (χ2n) is 6.30. The highest BCUT2D eigenvalue weighted by atomic mass is 32.2. The number of nitrogens with zero attached hydrogens (tertiary/aromatic N) is 2. The van der Waals surface area contributed by atoms with Gasteiger partial charge in [0.05, 0.1) is 6.10 Å². The lowest BCUT2D eigenvalue weighted by Gasteiger charge is -2.20. The Labute approximate surface area is 163 Å². The molecule has 1 rings (SSSR count). The standard InChI is InChI=1S/C18H33N5O3S/c1-5-20-18(21-11-9-17(15(3)4)26-6-2)22-12-13-23-27(24,25)16-8-7-10-19-14-16/h7-8,10,14-15,17,23H,5-6,9,11-13H2,1-4H3,(H2,20,21,22). The van der Waals surface area contributed by atoms with Crippen molar-refractivity contribution < 1.29 is 13.2 Å². The lowest BCUT2D eigenvalue weighted by atomic mass is 10.0. The first-order valence-corrected chi connectivity index (χ1v) is 10.9. The molecular formula is C18H33N5O3S. The summed E-state index contributed by atoms with van der Waals surface area (Å²) in [6.45, 7) is 11.0. The number of sulfonamides is 1. The summed E-state index contributed by atoms with van der Waals surface area (Å²) < 4.78 is 32.5. The van der Waals surface area contributed by atoms with E-state index in [0.717, 1.165) is 13.0 Å². The molecule has 1 aromatic heterocycles. The van der Waals surface area contributed by atoms with Crippen LogP contribution in [-0.4, -0.2) is 58.3 Å². The lowest BCUT2D eigenvalue weighted by molar-refractivity contribution is 0.0266. The minimum atomic E-state index is -3.54. The zero-order valence-corrected chi connectivity index (χ0v) is 17.6. The van der Waals surface area contributed by atoms with E-state index in [9.17, 15) is 8.42 Å². The van der Waals surface area contributed by atoms with Gasteiger partial charge < -0.3 is 15.4 Å². The molecule has 0 fully saturated rings. The Morgan fingerprint density at radius 1 is 1.26 bits per heavy atom. The van der Waals surface area contributed by atoms with Gasteiger partial charge in [-0.3, -0.25) is 9.98 Å². The molecule has 0 aliphatic heterocycles. The molecule has 0 bridgehead atoms. The predicted octanol–water partition coefficient (Wildman–Crippen LogP) is 1.37. The van der Waals surface area contributed by atoms with Crippen LogP contribution >= 0.6 is 0 Å². The molecule has 3 N–H and O–H groups in total. The minimum absolute atomic E-state index is 0.154. The number of aromatic nitrogens is 1. The van der Waals surface area contributed by atoms with Crippen LogP contribution in [0.2, 0.25) is 0 Å². The number of nitrogens with one attached hydrogen (secondary N) is 3. The maximum atomic E-state index is 12.1. The van der Waals surface area contributed by atoms with Crippen LogP contribution in [0.1, 0.15) is 34.1 Å². The van der Waals surface area contributed by atoms with Crippen molar-refractivity contribution in [2.45, 2.75) is 45.1 Å². The summed E-state index contributed by atoms with van der Waals surface area (Å²) in [4.78, 5) is 8.52. The monoisotopic (exact) mass is 399 g/mol. The van der Waals surface area contributed by atoms with E-state index < -0.39 is 10.0 Å². The first-order chi connectivity index (χ1) is 12.9. The van der Waals surface area contributed by atoms with E-state index in [4.69, 9.17) is 4.74 Å². The number of rotatable bonds is 12. The van der Waals surface area contributed by atoms with Gasteiger partial charge in [-0.25, -0.2) is 13.1 Å². The van der Waals surface area contributed by atoms with Crippen molar-refractivity contribution in [3.05, 3.63) is 24.5 Å². The molecule has 0 aromatic carbocycles. The van der Waals surface area contributed by atoms with Crippen LogP contribution < -0.4 is 15.4 Å². The summed E-state index contributed by atoms with van der Waals surface area (Å²) in [6.07, 6.45) is 3.89. The zero-order valence-electron chi connectivity index (χ0n) is 16.7. The summed E-state index contributed by atoms with van der Waals surface area (Å²) >= 11 is 0. The van der Waals surface area contributed by atoms with E-state index in [2.05, 4.69) is 39.2 Å². The molecule has 0 saturated carbocycles. The van der Waals surface area contributed by atoms with Crippen molar-refractivity contribution in [3.63, 3.8) is 0 Å². The van der Waals surface area contributed by atoms with Crippen molar-refractivity contribution in [2.24, 2.45) is 10.9 Å². The molecule has 9 heteroatoms. The van der Waals surface area contributed by atoms with Crippen molar-refractivity contribution in [3.8, 4) is 0 Å². The van der Waals surface area contributed by atoms with Crippen molar-refractivity contribution in [2.75, 3.05) is 32.8 Å². The van der Waals surface area contributed by atoms with Crippen molar-refractivity contribution in [1.82, 2.24) is 20.3 Å². The van der Waals surface area contributed by atoms with Gasteiger partial charge in [-0.1, -0.05) is 13.8 Å².